The number of hydrogen-bond acceptors (Lipinski definition) is 5. The third kappa shape index (κ3) is 5.36. The summed E-state index contributed by atoms with van der Waals surface area (Å²) in [6.45, 7) is 0.382. The maximum Gasteiger partial charge on any atom is 0.335 e. The van der Waals surface area contributed by atoms with Crippen LogP contribution in [0.2, 0.25) is 0 Å². The van der Waals surface area contributed by atoms with Crippen LogP contribution in [0.5, 0.6) is 5.75 Å². The minimum Gasteiger partial charge on any atom is -0.488 e. The number of furan rings is 1. The molecule has 0 unspecified atom stereocenters. The molecule has 0 spiro atoms. The van der Waals surface area contributed by atoms with Crippen molar-refractivity contribution < 1.29 is 23.8 Å². The molecule has 0 aliphatic rings. The number of carboxylic acid groups (broad SMARTS) is 1. The number of nitriles is 1. The fraction of sp³-hybridized carbons (Fsp3) is 0.0870. The van der Waals surface area contributed by atoms with E-state index in [0.29, 0.717) is 17.1 Å². The van der Waals surface area contributed by atoms with Gasteiger partial charge in [0.05, 0.1) is 18.4 Å². The fourth-order valence-corrected chi connectivity index (χ4v) is 2.62. The van der Waals surface area contributed by atoms with Gasteiger partial charge in [0.25, 0.3) is 5.91 Å². The molecule has 2 N–H and O–H groups in total. The van der Waals surface area contributed by atoms with Gasteiger partial charge in [-0.05, 0) is 42.0 Å². The highest BCUT2D eigenvalue weighted by atomic mass is 16.5. The smallest absolute Gasteiger partial charge is 0.335 e. The van der Waals surface area contributed by atoms with Gasteiger partial charge < -0.3 is 19.6 Å². The zero-order valence-corrected chi connectivity index (χ0v) is 15.9. The van der Waals surface area contributed by atoms with E-state index in [2.05, 4.69) is 5.32 Å². The largest absolute Gasteiger partial charge is 0.488 e. The highest BCUT2D eigenvalue weighted by molar-refractivity contribution is 6.01. The number of carbonyl (C=O) groups is 2. The predicted octanol–water partition coefficient (Wildman–Crippen LogP) is 3.78. The van der Waals surface area contributed by atoms with Crippen molar-refractivity contribution in [1.82, 2.24) is 5.32 Å². The van der Waals surface area contributed by atoms with E-state index in [-0.39, 0.29) is 24.3 Å². The Kier molecular flexibility index (Phi) is 6.64. The van der Waals surface area contributed by atoms with Gasteiger partial charge in [0.15, 0.2) is 0 Å². The van der Waals surface area contributed by atoms with Crippen molar-refractivity contribution in [3.05, 3.63) is 95.0 Å². The van der Waals surface area contributed by atoms with Crippen LogP contribution in [-0.2, 0) is 17.9 Å². The van der Waals surface area contributed by atoms with Crippen LogP contribution in [0.3, 0.4) is 0 Å². The summed E-state index contributed by atoms with van der Waals surface area (Å²) in [5, 5.41) is 21.0. The van der Waals surface area contributed by atoms with Gasteiger partial charge in [0.1, 0.15) is 29.8 Å². The van der Waals surface area contributed by atoms with Crippen LogP contribution in [0.25, 0.3) is 6.08 Å². The quantitative estimate of drug-likeness (QED) is 0.438. The number of benzene rings is 2. The van der Waals surface area contributed by atoms with E-state index in [1.54, 1.807) is 48.5 Å². The van der Waals surface area contributed by atoms with Gasteiger partial charge in [-0.2, -0.15) is 5.26 Å². The lowest BCUT2D eigenvalue weighted by Gasteiger charge is -2.10. The van der Waals surface area contributed by atoms with E-state index >= 15 is 0 Å². The topological polar surface area (TPSA) is 113 Å². The molecule has 0 saturated heterocycles. The fourth-order valence-electron chi connectivity index (χ4n) is 2.62. The van der Waals surface area contributed by atoms with Gasteiger partial charge >= 0.3 is 5.97 Å². The van der Waals surface area contributed by atoms with Gasteiger partial charge in [-0.25, -0.2) is 4.79 Å². The molecule has 2 aromatic carbocycles. The molecule has 0 fully saturated rings. The summed E-state index contributed by atoms with van der Waals surface area (Å²) in [6.07, 6.45) is 2.96. The van der Waals surface area contributed by atoms with E-state index < -0.39 is 11.9 Å². The SMILES string of the molecule is N#C/C(=C\c1ccccc1OCc1ccc(C(=O)O)cc1)C(=O)NCc1ccco1. The first kappa shape index (κ1) is 20.4. The van der Waals surface area contributed by atoms with Gasteiger partial charge in [0, 0.05) is 5.56 Å². The number of amides is 1. The molecule has 0 saturated carbocycles. The summed E-state index contributed by atoms with van der Waals surface area (Å²) >= 11 is 0. The Morgan fingerprint density at radius 1 is 1.10 bits per heavy atom. The van der Waals surface area contributed by atoms with Crippen LogP contribution in [0.4, 0.5) is 0 Å². The number of aromatic carboxylic acids is 1. The van der Waals surface area contributed by atoms with Crippen LogP contribution in [-0.4, -0.2) is 17.0 Å². The molecule has 7 heteroatoms. The Labute approximate surface area is 172 Å². The summed E-state index contributed by atoms with van der Waals surface area (Å²) in [4.78, 5) is 23.3. The molecule has 0 radical (unpaired) electrons. The van der Waals surface area contributed by atoms with Crippen molar-refractivity contribution >= 4 is 18.0 Å². The number of nitrogens with zero attached hydrogens (tertiary/aromatic N) is 1. The van der Waals surface area contributed by atoms with E-state index in [1.807, 2.05) is 6.07 Å². The number of carbonyl (C=O) groups excluding carboxylic acids is 1. The Bertz CT molecular complexity index is 1090. The Hall–Kier alpha value is -4.31. The maximum atomic E-state index is 12.3. The zero-order chi connectivity index (χ0) is 21.3. The number of ether oxygens (including phenoxy) is 1. The molecular weight excluding hydrogens is 384 g/mol. The summed E-state index contributed by atoms with van der Waals surface area (Å²) in [5.41, 5.74) is 1.49. The summed E-state index contributed by atoms with van der Waals surface area (Å²) in [7, 11) is 0. The van der Waals surface area contributed by atoms with Crippen LogP contribution >= 0.6 is 0 Å². The molecule has 0 atom stereocenters. The third-order valence-corrected chi connectivity index (χ3v) is 4.18. The molecular formula is C23H18N2O5. The maximum absolute atomic E-state index is 12.3. The molecule has 0 aliphatic carbocycles. The second-order valence-corrected chi connectivity index (χ2v) is 6.26. The Morgan fingerprint density at radius 3 is 2.53 bits per heavy atom. The summed E-state index contributed by atoms with van der Waals surface area (Å²) in [6, 6.07) is 18.7. The normalized spacial score (nSPS) is 10.8. The number of rotatable bonds is 8. The lowest BCUT2D eigenvalue weighted by atomic mass is 10.1. The molecule has 0 aliphatic heterocycles. The molecule has 150 valence electrons. The van der Waals surface area contributed by atoms with Crippen molar-refractivity contribution in [3.8, 4) is 11.8 Å². The summed E-state index contributed by atoms with van der Waals surface area (Å²) < 4.78 is 11.0. The third-order valence-electron chi connectivity index (χ3n) is 4.18. The average Bonchev–Trinajstić information content (AvgIpc) is 3.29. The van der Waals surface area contributed by atoms with Crippen LogP contribution < -0.4 is 10.1 Å². The standard InChI is InChI=1S/C23H18N2O5/c24-13-19(22(26)25-14-20-5-3-11-29-20)12-18-4-1-2-6-21(18)30-15-16-7-9-17(10-8-16)23(27)28/h1-12H,14-15H2,(H,25,26)(H,27,28)/b19-12+. The number of carboxylic acids is 1. The van der Waals surface area contributed by atoms with Crippen LogP contribution in [0.1, 0.15) is 27.2 Å². The van der Waals surface area contributed by atoms with Crippen molar-refractivity contribution in [2.75, 3.05) is 0 Å². The van der Waals surface area contributed by atoms with E-state index in [0.717, 1.165) is 5.56 Å². The highest BCUT2D eigenvalue weighted by Gasteiger charge is 2.11. The second kappa shape index (κ2) is 9.75. The first-order chi connectivity index (χ1) is 14.6. The Balaban J connectivity index is 1.70. The number of nitrogens with one attached hydrogen (secondary N) is 1. The molecule has 1 aromatic heterocycles. The van der Waals surface area contributed by atoms with Crippen molar-refractivity contribution in [3.63, 3.8) is 0 Å². The molecule has 7 nitrogen and oxygen atoms in total. The lowest BCUT2D eigenvalue weighted by Crippen LogP contribution is -2.23. The van der Waals surface area contributed by atoms with Gasteiger partial charge in [-0.3, -0.25) is 4.79 Å². The minimum absolute atomic E-state index is 0.0663. The van der Waals surface area contributed by atoms with Gasteiger partial charge in [-0.1, -0.05) is 30.3 Å². The molecule has 3 aromatic rings. The molecule has 1 amide bonds. The Morgan fingerprint density at radius 2 is 1.87 bits per heavy atom. The lowest BCUT2D eigenvalue weighted by molar-refractivity contribution is -0.117. The first-order valence-electron chi connectivity index (χ1n) is 9.03. The average molecular weight is 402 g/mol. The van der Waals surface area contributed by atoms with Crippen molar-refractivity contribution in [2.45, 2.75) is 13.2 Å². The van der Waals surface area contributed by atoms with E-state index in [4.69, 9.17) is 14.3 Å². The monoisotopic (exact) mass is 402 g/mol. The van der Waals surface area contributed by atoms with E-state index in [1.165, 1.54) is 24.5 Å². The minimum atomic E-state index is -0.993. The van der Waals surface area contributed by atoms with Crippen molar-refractivity contribution in [2.24, 2.45) is 0 Å². The second-order valence-electron chi connectivity index (χ2n) is 6.26. The zero-order valence-electron chi connectivity index (χ0n) is 15.9. The predicted molar refractivity (Wildman–Crippen MR) is 108 cm³/mol. The van der Waals surface area contributed by atoms with E-state index in [9.17, 15) is 14.9 Å². The van der Waals surface area contributed by atoms with Gasteiger partial charge in [-0.15, -0.1) is 0 Å². The number of para-hydroxylation sites is 1. The molecule has 0 bridgehead atoms. The molecule has 3 rings (SSSR count). The highest BCUT2D eigenvalue weighted by Crippen LogP contribution is 2.22. The molecule has 30 heavy (non-hydrogen) atoms. The molecule has 1 heterocycles. The summed E-state index contributed by atoms with van der Waals surface area (Å²) in [5.74, 6) is -0.440. The van der Waals surface area contributed by atoms with Gasteiger partial charge in [0.2, 0.25) is 0 Å². The number of hydrogen-bond donors (Lipinski definition) is 2. The first-order valence-corrected chi connectivity index (χ1v) is 9.03. The van der Waals surface area contributed by atoms with Crippen molar-refractivity contribution in [1.29, 1.82) is 5.26 Å². The van der Waals surface area contributed by atoms with Crippen LogP contribution in [0, 0.1) is 11.3 Å². The van der Waals surface area contributed by atoms with Crippen LogP contribution in [0.15, 0.2) is 76.9 Å².